The topological polar surface area (TPSA) is 55.6 Å². The number of morpholine rings is 1. The minimum Gasteiger partial charge on any atom is -0.440 e. The highest BCUT2D eigenvalue weighted by Crippen LogP contribution is 2.30. The van der Waals surface area contributed by atoms with E-state index in [-0.39, 0.29) is 18.1 Å². The Morgan fingerprint density at radius 2 is 2.29 bits per heavy atom. The average Bonchev–Trinajstić information content (AvgIpc) is 3.25. The molecule has 2 aliphatic rings. The first-order chi connectivity index (χ1) is 11.7. The van der Waals surface area contributed by atoms with Crippen LogP contribution < -0.4 is 0 Å². The summed E-state index contributed by atoms with van der Waals surface area (Å²) in [6.07, 6.45) is 5.03. The predicted octanol–water partition coefficient (Wildman–Crippen LogP) is 3.42. The molecule has 2 aromatic rings. The molecule has 0 spiro atoms. The maximum absolute atomic E-state index is 12.9. The number of oxazole rings is 1. The number of hydrogen-bond donors (Lipinski definition) is 0. The van der Waals surface area contributed by atoms with Crippen molar-refractivity contribution >= 4 is 17.2 Å². The SMILES string of the molecule is Cc1oc(-c2cccs2)nc1CC(=O)N1CCO[C@@H]2CCCC[C@@H]21. The van der Waals surface area contributed by atoms with Gasteiger partial charge < -0.3 is 14.1 Å². The molecule has 0 N–H and O–H groups in total. The zero-order chi connectivity index (χ0) is 16.5. The molecule has 0 aromatic carbocycles. The molecule has 4 rings (SSSR count). The first-order valence-electron chi connectivity index (χ1n) is 8.63. The number of thiophene rings is 1. The summed E-state index contributed by atoms with van der Waals surface area (Å²) in [4.78, 5) is 20.4. The lowest BCUT2D eigenvalue weighted by atomic mass is 9.90. The van der Waals surface area contributed by atoms with Gasteiger partial charge in [0.2, 0.25) is 11.8 Å². The normalized spacial score (nSPS) is 24.0. The van der Waals surface area contributed by atoms with Gasteiger partial charge in [-0.15, -0.1) is 11.3 Å². The largest absolute Gasteiger partial charge is 0.440 e. The van der Waals surface area contributed by atoms with Crippen LogP contribution in [-0.2, 0) is 16.0 Å². The Bertz CT molecular complexity index is 708. The Morgan fingerprint density at radius 1 is 1.42 bits per heavy atom. The fourth-order valence-corrected chi connectivity index (χ4v) is 4.40. The van der Waals surface area contributed by atoms with Gasteiger partial charge in [-0.3, -0.25) is 4.79 Å². The fourth-order valence-electron chi connectivity index (χ4n) is 3.75. The number of rotatable bonds is 3. The molecule has 1 aliphatic carbocycles. The number of amides is 1. The Hall–Kier alpha value is -1.66. The standard InChI is InChI=1S/C18H22N2O3S/c1-12-13(19-18(23-12)16-7-4-10-24-16)11-17(21)20-8-9-22-15-6-3-2-5-14(15)20/h4,7,10,14-15H,2-3,5-6,8-9,11H2,1H3/t14-,15+/m0/s1. The average molecular weight is 346 g/mol. The van der Waals surface area contributed by atoms with Gasteiger partial charge in [-0.1, -0.05) is 18.9 Å². The molecule has 5 nitrogen and oxygen atoms in total. The van der Waals surface area contributed by atoms with Gasteiger partial charge in [0.15, 0.2) is 0 Å². The summed E-state index contributed by atoms with van der Waals surface area (Å²) in [6.45, 7) is 3.22. The Kier molecular flexibility index (Phi) is 4.41. The van der Waals surface area contributed by atoms with E-state index in [9.17, 15) is 4.79 Å². The van der Waals surface area contributed by atoms with E-state index in [1.54, 1.807) is 11.3 Å². The molecular weight excluding hydrogens is 324 g/mol. The zero-order valence-electron chi connectivity index (χ0n) is 13.9. The van der Waals surface area contributed by atoms with Crippen LogP contribution in [-0.4, -0.2) is 41.1 Å². The maximum Gasteiger partial charge on any atom is 0.236 e. The van der Waals surface area contributed by atoms with Crippen molar-refractivity contribution in [3.05, 3.63) is 29.0 Å². The lowest BCUT2D eigenvalue weighted by Crippen LogP contribution is -2.55. The highest BCUT2D eigenvalue weighted by molar-refractivity contribution is 7.13. The molecule has 3 heterocycles. The second-order valence-corrected chi connectivity index (χ2v) is 7.47. The zero-order valence-corrected chi connectivity index (χ0v) is 14.7. The number of aryl methyl sites for hydroxylation is 1. The van der Waals surface area contributed by atoms with Crippen molar-refractivity contribution in [3.8, 4) is 10.8 Å². The van der Waals surface area contributed by atoms with Gasteiger partial charge in [0.05, 0.1) is 35.7 Å². The van der Waals surface area contributed by atoms with Crippen molar-refractivity contribution in [1.82, 2.24) is 9.88 Å². The van der Waals surface area contributed by atoms with Gasteiger partial charge in [-0.25, -0.2) is 4.98 Å². The van der Waals surface area contributed by atoms with Gasteiger partial charge in [-0.05, 0) is 31.2 Å². The third kappa shape index (κ3) is 3.00. The highest BCUT2D eigenvalue weighted by Gasteiger charge is 2.36. The van der Waals surface area contributed by atoms with Crippen LogP contribution in [0.15, 0.2) is 21.9 Å². The van der Waals surface area contributed by atoms with Crippen LogP contribution in [0.1, 0.15) is 37.1 Å². The number of hydrogen-bond acceptors (Lipinski definition) is 5. The van der Waals surface area contributed by atoms with E-state index in [1.165, 1.54) is 12.8 Å². The van der Waals surface area contributed by atoms with E-state index in [0.29, 0.717) is 25.5 Å². The molecule has 1 saturated heterocycles. The lowest BCUT2D eigenvalue weighted by Gasteiger charge is -2.43. The molecule has 1 amide bonds. The molecule has 2 atom stereocenters. The van der Waals surface area contributed by atoms with Crippen LogP contribution in [0.4, 0.5) is 0 Å². The summed E-state index contributed by atoms with van der Waals surface area (Å²) in [5, 5.41) is 2.00. The smallest absolute Gasteiger partial charge is 0.236 e. The van der Waals surface area contributed by atoms with E-state index < -0.39 is 0 Å². The molecule has 1 aliphatic heterocycles. The number of fused-ring (bicyclic) bond motifs is 1. The number of aromatic nitrogens is 1. The Labute approximate surface area is 145 Å². The van der Waals surface area contributed by atoms with Crippen molar-refractivity contribution in [1.29, 1.82) is 0 Å². The fraction of sp³-hybridized carbons (Fsp3) is 0.556. The van der Waals surface area contributed by atoms with Gasteiger partial charge in [0, 0.05) is 6.54 Å². The number of ether oxygens (including phenoxy) is 1. The van der Waals surface area contributed by atoms with E-state index in [0.717, 1.165) is 29.2 Å². The van der Waals surface area contributed by atoms with E-state index >= 15 is 0 Å². The van der Waals surface area contributed by atoms with Crippen molar-refractivity contribution in [2.45, 2.75) is 51.2 Å². The van der Waals surface area contributed by atoms with Gasteiger partial charge >= 0.3 is 0 Å². The molecular formula is C18H22N2O3S. The van der Waals surface area contributed by atoms with Crippen molar-refractivity contribution in [3.63, 3.8) is 0 Å². The number of carbonyl (C=O) groups excluding carboxylic acids is 1. The quantitative estimate of drug-likeness (QED) is 0.854. The maximum atomic E-state index is 12.9. The second-order valence-electron chi connectivity index (χ2n) is 6.52. The number of nitrogens with zero attached hydrogens (tertiary/aromatic N) is 2. The molecule has 2 aromatic heterocycles. The molecule has 1 saturated carbocycles. The molecule has 128 valence electrons. The molecule has 0 bridgehead atoms. The van der Waals surface area contributed by atoms with Crippen molar-refractivity contribution in [2.24, 2.45) is 0 Å². The molecule has 24 heavy (non-hydrogen) atoms. The number of carbonyl (C=O) groups is 1. The van der Waals surface area contributed by atoms with Crippen LogP contribution in [0.3, 0.4) is 0 Å². The summed E-state index contributed by atoms with van der Waals surface area (Å²) in [6, 6.07) is 4.20. The summed E-state index contributed by atoms with van der Waals surface area (Å²) in [5.74, 6) is 1.49. The van der Waals surface area contributed by atoms with Crippen LogP contribution in [0.5, 0.6) is 0 Å². The minimum absolute atomic E-state index is 0.143. The highest BCUT2D eigenvalue weighted by atomic mass is 32.1. The van der Waals surface area contributed by atoms with Crippen molar-refractivity contribution < 1.29 is 13.9 Å². The third-order valence-electron chi connectivity index (χ3n) is 5.00. The Morgan fingerprint density at radius 3 is 3.12 bits per heavy atom. The predicted molar refractivity (Wildman–Crippen MR) is 92.0 cm³/mol. The summed E-state index contributed by atoms with van der Waals surface area (Å²) < 4.78 is 11.6. The van der Waals surface area contributed by atoms with Crippen molar-refractivity contribution in [2.75, 3.05) is 13.2 Å². The first-order valence-corrected chi connectivity index (χ1v) is 9.51. The third-order valence-corrected chi connectivity index (χ3v) is 5.85. The molecule has 0 radical (unpaired) electrons. The minimum atomic E-state index is 0.143. The second kappa shape index (κ2) is 6.69. The monoisotopic (exact) mass is 346 g/mol. The molecule has 6 heteroatoms. The lowest BCUT2D eigenvalue weighted by molar-refractivity contribution is -0.148. The Balaban J connectivity index is 1.49. The van der Waals surface area contributed by atoms with Gasteiger partial charge in [0.25, 0.3) is 0 Å². The van der Waals surface area contributed by atoms with Crippen LogP contribution >= 0.6 is 11.3 Å². The summed E-state index contributed by atoms with van der Waals surface area (Å²) >= 11 is 1.59. The molecule has 0 unspecified atom stereocenters. The van der Waals surface area contributed by atoms with Crippen LogP contribution in [0.25, 0.3) is 10.8 Å². The molecule has 2 fully saturated rings. The van der Waals surface area contributed by atoms with Crippen LogP contribution in [0, 0.1) is 6.92 Å². The van der Waals surface area contributed by atoms with E-state index in [4.69, 9.17) is 9.15 Å². The van der Waals surface area contributed by atoms with Gasteiger partial charge in [-0.2, -0.15) is 0 Å². The summed E-state index contributed by atoms with van der Waals surface area (Å²) in [5.41, 5.74) is 0.752. The summed E-state index contributed by atoms with van der Waals surface area (Å²) in [7, 11) is 0. The van der Waals surface area contributed by atoms with Crippen LogP contribution in [0.2, 0.25) is 0 Å². The van der Waals surface area contributed by atoms with E-state index in [2.05, 4.69) is 4.98 Å². The van der Waals surface area contributed by atoms with Gasteiger partial charge in [0.1, 0.15) is 5.76 Å². The van der Waals surface area contributed by atoms with E-state index in [1.807, 2.05) is 29.3 Å². The first kappa shape index (κ1) is 15.8.